The summed E-state index contributed by atoms with van der Waals surface area (Å²) in [5, 5.41) is 3.22. The van der Waals surface area contributed by atoms with Crippen LogP contribution in [0.25, 0.3) is 0 Å². The van der Waals surface area contributed by atoms with Gasteiger partial charge in [-0.05, 0) is 6.92 Å². The van der Waals surface area contributed by atoms with Crippen molar-refractivity contribution in [2.75, 3.05) is 59.8 Å². The minimum Gasteiger partial charge on any atom is -0.382 e. The first-order chi connectivity index (χ1) is 7.91. The van der Waals surface area contributed by atoms with Crippen LogP contribution in [-0.4, -0.2) is 66.0 Å². The Balaban J connectivity index is 2.90. The summed E-state index contributed by atoms with van der Waals surface area (Å²) in [4.78, 5) is 4.05. The van der Waals surface area contributed by atoms with E-state index in [-0.39, 0.29) is 0 Å². The highest BCUT2D eigenvalue weighted by atomic mass is 16.5. The van der Waals surface area contributed by atoms with Gasteiger partial charge in [-0.1, -0.05) is 0 Å². The number of aliphatic imine (C=N–C) groups is 1. The fourth-order valence-corrected chi connectivity index (χ4v) is 0.976. The number of nitrogens with one attached hydrogen (secondary N) is 1. The summed E-state index contributed by atoms with van der Waals surface area (Å²) in [6.07, 6.45) is 1.80. The Bertz CT molecular complexity index is 154. The predicted octanol–water partition coefficient (Wildman–Crippen LogP) is 0.346. The smallest absolute Gasteiger partial charge is 0.0814 e. The molecule has 0 saturated heterocycles. The largest absolute Gasteiger partial charge is 0.382 e. The summed E-state index contributed by atoms with van der Waals surface area (Å²) < 4.78 is 15.4. The minimum atomic E-state index is 0.597. The van der Waals surface area contributed by atoms with Crippen LogP contribution >= 0.6 is 0 Å². The van der Waals surface area contributed by atoms with Gasteiger partial charge in [-0.15, -0.1) is 0 Å². The minimum absolute atomic E-state index is 0.597. The predicted molar refractivity (Wildman–Crippen MR) is 65.4 cm³/mol. The van der Waals surface area contributed by atoms with E-state index in [1.807, 2.05) is 6.92 Å². The summed E-state index contributed by atoms with van der Waals surface area (Å²) in [7, 11) is 1.67. The number of nitrogens with zero attached hydrogens (tertiary/aromatic N) is 1. The van der Waals surface area contributed by atoms with Crippen molar-refractivity contribution in [2.24, 2.45) is 4.99 Å². The molecule has 0 radical (unpaired) electrons. The third kappa shape index (κ3) is 13.5. The first-order valence-electron chi connectivity index (χ1n) is 5.75. The fourth-order valence-electron chi connectivity index (χ4n) is 0.976. The standard InChI is InChI=1S/C11H24N2O3/c1-3-12-4-7-15-8-5-13-6-9-16-11-10-14-2/h4,13H,3,5-11H2,1-2H3/b12-4-. The molecule has 1 N–H and O–H groups in total. The van der Waals surface area contributed by atoms with E-state index in [0.29, 0.717) is 33.0 Å². The molecule has 5 nitrogen and oxygen atoms in total. The fraction of sp³-hybridized carbons (Fsp3) is 0.909. The summed E-state index contributed by atoms with van der Waals surface area (Å²) in [5.41, 5.74) is 0. The lowest BCUT2D eigenvalue weighted by Gasteiger charge is -2.05. The van der Waals surface area contributed by atoms with E-state index in [0.717, 1.165) is 19.6 Å². The van der Waals surface area contributed by atoms with Gasteiger partial charge in [-0.3, -0.25) is 4.99 Å². The molecular weight excluding hydrogens is 208 g/mol. The lowest BCUT2D eigenvalue weighted by atomic mass is 10.6. The normalized spacial score (nSPS) is 11.4. The average Bonchev–Trinajstić information content (AvgIpc) is 2.31. The third-order valence-corrected chi connectivity index (χ3v) is 1.78. The van der Waals surface area contributed by atoms with Crippen LogP contribution in [0, 0.1) is 0 Å². The zero-order chi connectivity index (χ0) is 11.9. The molecule has 0 aliphatic heterocycles. The van der Waals surface area contributed by atoms with Crippen LogP contribution in [-0.2, 0) is 14.2 Å². The average molecular weight is 232 g/mol. The van der Waals surface area contributed by atoms with E-state index in [1.165, 1.54) is 0 Å². The number of methoxy groups -OCH3 is 1. The van der Waals surface area contributed by atoms with Gasteiger partial charge in [0.25, 0.3) is 0 Å². The molecular formula is C11H24N2O3. The lowest BCUT2D eigenvalue weighted by molar-refractivity contribution is 0.0711. The highest BCUT2D eigenvalue weighted by Gasteiger charge is 1.89. The quantitative estimate of drug-likeness (QED) is 0.389. The van der Waals surface area contributed by atoms with Crippen LogP contribution in [0.15, 0.2) is 4.99 Å². The Labute approximate surface area is 98.2 Å². The van der Waals surface area contributed by atoms with Gasteiger partial charge < -0.3 is 19.5 Å². The van der Waals surface area contributed by atoms with Crippen molar-refractivity contribution >= 4 is 6.21 Å². The lowest BCUT2D eigenvalue weighted by Crippen LogP contribution is -2.24. The van der Waals surface area contributed by atoms with Crippen molar-refractivity contribution < 1.29 is 14.2 Å². The third-order valence-electron chi connectivity index (χ3n) is 1.78. The van der Waals surface area contributed by atoms with Gasteiger partial charge in [-0.2, -0.15) is 0 Å². The van der Waals surface area contributed by atoms with E-state index >= 15 is 0 Å². The topological polar surface area (TPSA) is 52.1 Å². The molecule has 0 fully saturated rings. The van der Waals surface area contributed by atoms with Crippen molar-refractivity contribution in [3.8, 4) is 0 Å². The molecule has 0 aromatic heterocycles. The number of hydrogen-bond donors (Lipinski definition) is 1. The van der Waals surface area contributed by atoms with Gasteiger partial charge in [0.05, 0.1) is 33.0 Å². The maximum Gasteiger partial charge on any atom is 0.0814 e. The van der Waals surface area contributed by atoms with E-state index < -0.39 is 0 Å². The Kier molecular flexibility index (Phi) is 14.1. The van der Waals surface area contributed by atoms with Crippen molar-refractivity contribution in [1.29, 1.82) is 0 Å². The highest BCUT2D eigenvalue weighted by Crippen LogP contribution is 1.75. The van der Waals surface area contributed by atoms with Crippen molar-refractivity contribution in [1.82, 2.24) is 5.32 Å². The highest BCUT2D eigenvalue weighted by molar-refractivity contribution is 5.58. The molecule has 0 saturated carbocycles. The Morgan fingerprint density at radius 1 is 1.06 bits per heavy atom. The zero-order valence-electron chi connectivity index (χ0n) is 10.4. The van der Waals surface area contributed by atoms with E-state index in [2.05, 4.69) is 10.3 Å². The molecule has 0 aliphatic carbocycles. The summed E-state index contributed by atoms with van der Waals surface area (Å²) in [6.45, 7) is 7.82. The van der Waals surface area contributed by atoms with Gasteiger partial charge in [0.1, 0.15) is 0 Å². The second-order valence-corrected chi connectivity index (χ2v) is 3.11. The van der Waals surface area contributed by atoms with Gasteiger partial charge in [0, 0.05) is 33.0 Å². The molecule has 0 unspecified atom stereocenters. The van der Waals surface area contributed by atoms with E-state index in [4.69, 9.17) is 14.2 Å². The number of ether oxygens (including phenoxy) is 3. The van der Waals surface area contributed by atoms with Gasteiger partial charge in [0.15, 0.2) is 0 Å². The molecule has 0 spiro atoms. The molecule has 0 amide bonds. The van der Waals surface area contributed by atoms with Crippen molar-refractivity contribution in [3.63, 3.8) is 0 Å². The molecule has 0 bridgehead atoms. The first kappa shape index (κ1) is 15.5. The van der Waals surface area contributed by atoms with Gasteiger partial charge in [0.2, 0.25) is 0 Å². The monoisotopic (exact) mass is 232 g/mol. The van der Waals surface area contributed by atoms with E-state index in [9.17, 15) is 0 Å². The maximum absolute atomic E-state index is 5.31. The van der Waals surface area contributed by atoms with Crippen molar-refractivity contribution in [2.45, 2.75) is 6.92 Å². The maximum atomic E-state index is 5.31. The van der Waals surface area contributed by atoms with Crippen molar-refractivity contribution in [3.05, 3.63) is 0 Å². The molecule has 0 aliphatic rings. The first-order valence-corrected chi connectivity index (χ1v) is 5.75. The van der Waals surface area contributed by atoms with Gasteiger partial charge in [-0.25, -0.2) is 0 Å². The molecule has 5 heteroatoms. The van der Waals surface area contributed by atoms with Crippen LogP contribution in [0.3, 0.4) is 0 Å². The molecule has 96 valence electrons. The second kappa shape index (κ2) is 14.5. The summed E-state index contributed by atoms with van der Waals surface area (Å²) in [5.74, 6) is 0. The number of rotatable bonds is 12. The van der Waals surface area contributed by atoms with Gasteiger partial charge >= 0.3 is 0 Å². The molecule has 0 aromatic rings. The van der Waals surface area contributed by atoms with Crippen LogP contribution in [0.5, 0.6) is 0 Å². The van der Waals surface area contributed by atoms with E-state index in [1.54, 1.807) is 13.3 Å². The zero-order valence-corrected chi connectivity index (χ0v) is 10.4. The molecule has 0 atom stereocenters. The van der Waals surface area contributed by atoms with Crippen LogP contribution in [0.1, 0.15) is 6.92 Å². The Hall–Kier alpha value is -0.490. The molecule has 0 aromatic carbocycles. The van der Waals surface area contributed by atoms with Crippen LogP contribution in [0.2, 0.25) is 0 Å². The summed E-state index contributed by atoms with van der Waals surface area (Å²) >= 11 is 0. The molecule has 0 rings (SSSR count). The molecule has 16 heavy (non-hydrogen) atoms. The number of hydrogen-bond acceptors (Lipinski definition) is 5. The summed E-state index contributed by atoms with van der Waals surface area (Å²) in [6, 6.07) is 0. The van der Waals surface area contributed by atoms with Crippen LogP contribution < -0.4 is 5.32 Å². The Morgan fingerprint density at radius 3 is 2.50 bits per heavy atom. The molecule has 0 heterocycles. The second-order valence-electron chi connectivity index (χ2n) is 3.11. The SMILES string of the molecule is CC/N=C\COCCNCCOCCOC. The Morgan fingerprint density at radius 2 is 1.81 bits per heavy atom. The van der Waals surface area contributed by atoms with Crippen LogP contribution in [0.4, 0.5) is 0 Å².